The third-order valence-corrected chi connectivity index (χ3v) is 4.93. The Morgan fingerprint density at radius 3 is 1.50 bits per heavy atom. The molecule has 0 aromatic rings. The van der Waals surface area contributed by atoms with Crippen LogP contribution in [0, 0.1) is 0 Å². The van der Waals surface area contributed by atoms with Crippen molar-refractivity contribution < 1.29 is 0 Å². The standard InChI is InChI=1S/C8H19N3.Sb/c1-3-9-5-7-11-8-6-10-4-2;/h9-11H,1-8H2;. The summed E-state index contributed by atoms with van der Waals surface area (Å²) in [7, 11) is 0. The Bertz CT molecular complexity index is 57.3. The second-order valence-electron chi connectivity index (χ2n) is 2.92. The van der Waals surface area contributed by atoms with Gasteiger partial charge in [0.2, 0.25) is 0 Å². The van der Waals surface area contributed by atoms with Gasteiger partial charge in [0.25, 0.3) is 0 Å². The van der Waals surface area contributed by atoms with E-state index >= 15 is 0 Å². The van der Waals surface area contributed by atoms with Crippen LogP contribution >= 0.6 is 0 Å². The zero-order valence-electron chi connectivity index (χ0n) is 7.60. The first-order chi connectivity index (χ1) is 6.00. The Morgan fingerprint density at radius 2 is 1.00 bits per heavy atom. The summed E-state index contributed by atoms with van der Waals surface area (Å²) < 4.78 is 2.94. The summed E-state index contributed by atoms with van der Waals surface area (Å²) in [6.45, 7) is 7.00. The first-order valence-corrected chi connectivity index (χ1v) is 8.36. The van der Waals surface area contributed by atoms with E-state index in [2.05, 4.69) is 16.0 Å². The van der Waals surface area contributed by atoms with E-state index in [4.69, 9.17) is 0 Å². The Hall–Kier alpha value is 0.698. The van der Waals surface area contributed by atoms with Crippen LogP contribution in [0.25, 0.3) is 0 Å². The molecular weight excluding hydrogens is 260 g/mol. The van der Waals surface area contributed by atoms with Gasteiger partial charge in [-0.3, -0.25) is 0 Å². The van der Waals surface area contributed by atoms with Crippen molar-refractivity contribution in [2.24, 2.45) is 0 Å². The number of nitrogens with one attached hydrogen (secondary N) is 3. The second kappa shape index (κ2) is 8.30. The van der Waals surface area contributed by atoms with Gasteiger partial charge in [0.1, 0.15) is 0 Å². The van der Waals surface area contributed by atoms with Crippen LogP contribution in [0.2, 0.25) is 8.73 Å². The molecular formula is C8H19N3Sb. The molecule has 0 aromatic carbocycles. The number of hydrogen-bond acceptors (Lipinski definition) is 3. The van der Waals surface area contributed by atoms with E-state index in [0.29, 0.717) is 0 Å². The molecule has 1 heterocycles. The maximum atomic E-state index is 3.46. The van der Waals surface area contributed by atoms with Crippen molar-refractivity contribution >= 4 is 21.6 Å². The molecule has 12 heavy (non-hydrogen) atoms. The molecule has 0 spiro atoms. The molecule has 1 aliphatic heterocycles. The van der Waals surface area contributed by atoms with E-state index in [9.17, 15) is 0 Å². The van der Waals surface area contributed by atoms with Crippen LogP contribution in [-0.4, -0.2) is 60.9 Å². The Balaban J connectivity index is 2.00. The normalized spacial score (nSPS) is 24.0. The minimum atomic E-state index is 0.153. The summed E-state index contributed by atoms with van der Waals surface area (Å²) in [5.74, 6) is 0. The monoisotopic (exact) mass is 278 g/mol. The fraction of sp³-hybridized carbons (Fsp3) is 1.00. The molecule has 3 N–H and O–H groups in total. The van der Waals surface area contributed by atoms with Crippen molar-refractivity contribution in [2.75, 3.05) is 39.3 Å². The molecule has 71 valence electrons. The van der Waals surface area contributed by atoms with E-state index in [-0.39, 0.29) is 21.6 Å². The molecule has 0 unspecified atom stereocenters. The van der Waals surface area contributed by atoms with E-state index in [0.717, 1.165) is 26.2 Å². The van der Waals surface area contributed by atoms with Gasteiger partial charge in [-0.05, 0) is 0 Å². The van der Waals surface area contributed by atoms with Gasteiger partial charge in [0.15, 0.2) is 0 Å². The van der Waals surface area contributed by atoms with Gasteiger partial charge in [-0.25, -0.2) is 0 Å². The molecule has 0 aromatic heterocycles. The molecule has 3 nitrogen and oxygen atoms in total. The van der Waals surface area contributed by atoms with E-state index in [1.54, 1.807) is 0 Å². The Morgan fingerprint density at radius 1 is 0.583 bits per heavy atom. The molecule has 4 heteroatoms. The third-order valence-electron chi connectivity index (χ3n) is 1.85. The maximum absolute atomic E-state index is 3.46. The van der Waals surface area contributed by atoms with Gasteiger partial charge >= 0.3 is 85.6 Å². The molecule has 0 aliphatic carbocycles. The van der Waals surface area contributed by atoms with Gasteiger partial charge in [0, 0.05) is 0 Å². The van der Waals surface area contributed by atoms with Gasteiger partial charge in [0.05, 0.1) is 0 Å². The van der Waals surface area contributed by atoms with Crippen LogP contribution in [0.3, 0.4) is 0 Å². The van der Waals surface area contributed by atoms with Crippen molar-refractivity contribution in [1.29, 1.82) is 0 Å². The summed E-state index contributed by atoms with van der Waals surface area (Å²) in [5, 5.41) is 10.3. The SMILES string of the molecule is C1CNC[CH2][Sb][CH2]CNCCN1. The molecule has 1 radical (unpaired) electrons. The summed E-state index contributed by atoms with van der Waals surface area (Å²) in [5.41, 5.74) is 0. The van der Waals surface area contributed by atoms with E-state index in [1.165, 1.54) is 21.8 Å². The molecule has 1 aliphatic rings. The van der Waals surface area contributed by atoms with Crippen molar-refractivity contribution in [3.05, 3.63) is 0 Å². The van der Waals surface area contributed by atoms with Gasteiger partial charge in [-0.1, -0.05) is 0 Å². The van der Waals surface area contributed by atoms with Crippen molar-refractivity contribution in [3.63, 3.8) is 0 Å². The first-order valence-electron chi connectivity index (χ1n) is 4.75. The molecule has 1 fully saturated rings. The number of hydrogen-bond donors (Lipinski definition) is 3. The molecule has 1 rings (SSSR count). The zero-order chi connectivity index (χ0) is 8.49. The first kappa shape index (κ1) is 10.8. The average Bonchev–Trinajstić information content (AvgIpc) is 2.05. The van der Waals surface area contributed by atoms with Crippen LogP contribution in [-0.2, 0) is 0 Å². The van der Waals surface area contributed by atoms with Crippen LogP contribution in [0.1, 0.15) is 0 Å². The minimum absolute atomic E-state index is 0.153. The molecule has 0 atom stereocenters. The quantitative estimate of drug-likeness (QED) is 0.514. The fourth-order valence-electron chi connectivity index (χ4n) is 1.16. The fourth-order valence-corrected chi connectivity index (χ4v) is 3.60. The summed E-state index contributed by atoms with van der Waals surface area (Å²) >= 11 is 0.153. The predicted octanol–water partition coefficient (Wildman–Crippen LogP) is -0.690. The van der Waals surface area contributed by atoms with Crippen LogP contribution in [0.15, 0.2) is 0 Å². The Kier molecular flexibility index (Phi) is 7.46. The molecule has 0 saturated carbocycles. The predicted molar refractivity (Wildman–Crippen MR) is 54.0 cm³/mol. The van der Waals surface area contributed by atoms with Crippen LogP contribution in [0.5, 0.6) is 0 Å². The van der Waals surface area contributed by atoms with Crippen LogP contribution in [0.4, 0.5) is 0 Å². The average molecular weight is 279 g/mol. The summed E-state index contributed by atoms with van der Waals surface area (Å²) in [4.78, 5) is 0. The molecule has 0 bridgehead atoms. The van der Waals surface area contributed by atoms with Gasteiger partial charge in [-0.15, -0.1) is 0 Å². The second-order valence-corrected chi connectivity index (χ2v) is 6.75. The van der Waals surface area contributed by atoms with Gasteiger partial charge < -0.3 is 0 Å². The molecule has 1 saturated heterocycles. The van der Waals surface area contributed by atoms with Gasteiger partial charge in [-0.2, -0.15) is 0 Å². The third kappa shape index (κ3) is 6.24. The number of rotatable bonds is 0. The summed E-state index contributed by atoms with van der Waals surface area (Å²) in [6.07, 6.45) is 0. The van der Waals surface area contributed by atoms with E-state index < -0.39 is 0 Å². The molecule has 0 amide bonds. The van der Waals surface area contributed by atoms with E-state index in [1.807, 2.05) is 0 Å². The van der Waals surface area contributed by atoms with Crippen molar-refractivity contribution in [3.8, 4) is 0 Å². The summed E-state index contributed by atoms with van der Waals surface area (Å²) in [6, 6.07) is 0. The topological polar surface area (TPSA) is 36.1 Å². The Labute approximate surface area is 85.6 Å². The van der Waals surface area contributed by atoms with Crippen molar-refractivity contribution in [2.45, 2.75) is 8.73 Å². The zero-order valence-corrected chi connectivity index (χ0v) is 10.2. The van der Waals surface area contributed by atoms with Crippen molar-refractivity contribution in [1.82, 2.24) is 16.0 Å². The van der Waals surface area contributed by atoms with Crippen LogP contribution < -0.4 is 16.0 Å².